The molecule has 0 amide bonds. The molecule has 0 aliphatic rings. The topological polar surface area (TPSA) is 55.0 Å². The first-order chi connectivity index (χ1) is 8.99. The van der Waals surface area contributed by atoms with Crippen molar-refractivity contribution in [1.29, 1.82) is 0 Å². The third-order valence-electron chi connectivity index (χ3n) is 2.81. The van der Waals surface area contributed by atoms with Gasteiger partial charge in [0.05, 0.1) is 22.8 Å². The molecule has 0 aliphatic carbocycles. The molecule has 0 spiro atoms. The number of hydrogen-bond donors (Lipinski definition) is 1. The summed E-state index contributed by atoms with van der Waals surface area (Å²) < 4.78 is 0. The quantitative estimate of drug-likeness (QED) is 0.877. The monoisotopic (exact) mass is 292 g/mol. The Morgan fingerprint density at radius 3 is 2.79 bits per heavy atom. The number of nitrogens with zero attached hydrogens (tertiary/aromatic N) is 3. The van der Waals surface area contributed by atoms with Crippen LogP contribution in [0.1, 0.15) is 21.8 Å². The van der Waals surface area contributed by atoms with Crippen LogP contribution >= 0.6 is 23.6 Å². The van der Waals surface area contributed by atoms with Gasteiger partial charge >= 0.3 is 0 Å². The van der Waals surface area contributed by atoms with Crippen molar-refractivity contribution in [3.63, 3.8) is 0 Å². The van der Waals surface area contributed by atoms with E-state index < -0.39 is 0 Å². The molecule has 6 heteroatoms. The maximum absolute atomic E-state index is 5.80. The van der Waals surface area contributed by atoms with Gasteiger partial charge in [0.1, 0.15) is 10.8 Å². The lowest BCUT2D eigenvalue weighted by molar-refractivity contribution is 0.867. The summed E-state index contributed by atoms with van der Waals surface area (Å²) in [5.74, 6) is 0.804. The van der Waals surface area contributed by atoms with E-state index in [4.69, 9.17) is 18.0 Å². The summed E-state index contributed by atoms with van der Waals surface area (Å²) in [6.07, 6.45) is 1.77. The van der Waals surface area contributed by atoms with Crippen LogP contribution < -0.4 is 10.6 Å². The highest BCUT2D eigenvalue weighted by Gasteiger charge is 2.14. The third-order valence-corrected chi connectivity index (χ3v) is 3.84. The lowest BCUT2D eigenvalue weighted by Crippen LogP contribution is -2.23. The molecule has 2 heterocycles. The fourth-order valence-electron chi connectivity index (χ4n) is 1.94. The van der Waals surface area contributed by atoms with Crippen molar-refractivity contribution in [2.45, 2.75) is 20.4 Å². The first-order valence-electron chi connectivity index (χ1n) is 5.86. The van der Waals surface area contributed by atoms with Crippen LogP contribution in [0, 0.1) is 13.8 Å². The lowest BCUT2D eigenvalue weighted by atomic mass is 10.1. The molecule has 100 valence electrons. The predicted molar refractivity (Wildman–Crippen MR) is 83.8 cm³/mol. The van der Waals surface area contributed by atoms with Crippen LogP contribution in [0.4, 0.5) is 5.82 Å². The van der Waals surface area contributed by atoms with Crippen LogP contribution in [0.5, 0.6) is 0 Å². The van der Waals surface area contributed by atoms with Crippen molar-refractivity contribution < 1.29 is 0 Å². The van der Waals surface area contributed by atoms with Gasteiger partial charge in [-0.2, -0.15) is 0 Å². The minimum absolute atomic E-state index is 0.377. The molecule has 0 atom stereocenters. The van der Waals surface area contributed by atoms with Crippen molar-refractivity contribution in [1.82, 2.24) is 9.97 Å². The predicted octanol–water partition coefficient (Wildman–Crippen LogP) is 2.43. The van der Waals surface area contributed by atoms with Crippen LogP contribution in [-0.2, 0) is 6.54 Å². The second-order valence-corrected chi connectivity index (χ2v) is 5.91. The van der Waals surface area contributed by atoms with E-state index >= 15 is 0 Å². The zero-order valence-corrected chi connectivity index (χ0v) is 12.8. The van der Waals surface area contributed by atoms with Gasteiger partial charge in [0.15, 0.2) is 0 Å². The first kappa shape index (κ1) is 13.9. The minimum atomic E-state index is 0.377. The maximum atomic E-state index is 5.80. The average molecular weight is 292 g/mol. The molecule has 0 radical (unpaired) electrons. The van der Waals surface area contributed by atoms with Crippen molar-refractivity contribution in [3.05, 3.63) is 39.5 Å². The summed E-state index contributed by atoms with van der Waals surface area (Å²) >= 11 is 6.77. The van der Waals surface area contributed by atoms with Gasteiger partial charge in [-0.05, 0) is 25.5 Å². The molecule has 19 heavy (non-hydrogen) atoms. The molecule has 0 bridgehead atoms. The normalized spacial score (nSPS) is 10.5. The van der Waals surface area contributed by atoms with E-state index in [9.17, 15) is 0 Å². The number of thiocarbonyl (C=S) groups is 1. The van der Waals surface area contributed by atoms with Crippen LogP contribution in [0.3, 0.4) is 0 Å². The molecule has 2 aromatic heterocycles. The SMILES string of the molecule is Cc1nc(CN(C)c2nccc(C)c2C(N)=S)cs1. The van der Waals surface area contributed by atoms with E-state index in [1.807, 2.05) is 31.9 Å². The Morgan fingerprint density at radius 1 is 1.47 bits per heavy atom. The van der Waals surface area contributed by atoms with Gasteiger partial charge in [0, 0.05) is 18.6 Å². The number of anilines is 1. The van der Waals surface area contributed by atoms with E-state index in [2.05, 4.69) is 15.3 Å². The smallest absolute Gasteiger partial charge is 0.139 e. The number of aryl methyl sites for hydroxylation is 2. The zero-order valence-electron chi connectivity index (χ0n) is 11.2. The van der Waals surface area contributed by atoms with Crippen LogP contribution in [0.2, 0.25) is 0 Å². The highest BCUT2D eigenvalue weighted by atomic mass is 32.1. The molecule has 0 fully saturated rings. The Kier molecular flexibility index (Phi) is 4.11. The van der Waals surface area contributed by atoms with Gasteiger partial charge in [-0.15, -0.1) is 11.3 Å². The fraction of sp³-hybridized carbons (Fsp3) is 0.308. The van der Waals surface area contributed by atoms with Gasteiger partial charge in [-0.25, -0.2) is 9.97 Å². The zero-order chi connectivity index (χ0) is 14.0. The van der Waals surface area contributed by atoms with Gasteiger partial charge in [-0.3, -0.25) is 0 Å². The minimum Gasteiger partial charge on any atom is -0.389 e. The maximum Gasteiger partial charge on any atom is 0.139 e. The van der Waals surface area contributed by atoms with Gasteiger partial charge in [-0.1, -0.05) is 12.2 Å². The highest BCUT2D eigenvalue weighted by Crippen LogP contribution is 2.21. The number of rotatable bonds is 4. The summed E-state index contributed by atoms with van der Waals surface area (Å²) in [7, 11) is 1.97. The summed E-state index contributed by atoms with van der Waals surface area (Å²) in [5.41, 5.74) is 8.71. The molecule has 0 saturated carbocycles. The van der Waals surface area contributed by atoms with Gasteiger partial charge in [0.25, 0.3) is 0 Å². The summed E-state index contributed by atoms with van der Waals surface area (Å²) in [6, 6.07) is 1.92. The van der Waals surface area contributed by atoms with E-state index in [-0.39, 0.29) is 0 Å². The second kappa shape index (κ2) is 5.63. The standard InChI is InChI=1S/C13H16N4S2/c1-8-4-5-15-13(11(8)12(14)18)17(3)6-10-7-19-9(2)16-10/h4-5,7H,6H2,1-3H3,(H2,14,18). The number of nitrogens with two attached hydrogens (primary N) is 1. The Bertz CT molecular complexity index is 606. The Hall–Kier alpha value is -1.53. The molecular weight excluding hydrogens is 276 g/mol. The number of hydrogen-bond acceptors (Lipinski definition) is 5. The van der Waals surface area contributed by atoms with Crippen molar-refractivity contribution in [2.75, 3.05) is 11.9 Å². The van der Waals surface area contributed by atoms with Crippen molar-refractivity contribution in [3.8, 4) is 0 Å². The molecule has 0 aliphatic heterocycles. The molecule has 4 nitrogen and oxygen atoms in total. The van der Waals surface area contributed by atoms with Crippen molar-refractivity contribution in [2.24, 2.45) is 5.73 Å². The molecule has 0 aromatic carbocycles. The molecule has 2 rings (SSSR count). The Balaban J connectivity index is 2.31. The first-order valence-corrected chi connectivity index (χ1v) is 7.15. The largest absolute Gasteiger partial charge is 0.389 e. The summed E-state index contributed by atoms with van der Waals surface area (Å²) in [6.45, 7) is 4.68. The lowest BCUT2D eigenvalue weighted by Gasteiger charge is -2.21. The molecular formula is C13H16N4S2. The molecule has 2 aromatic rings. The summed E-state index contributed by atoms with van der Waals surface area (Å²) in [5, 5.41) is 3.12. The van der Waals surface area contributed by atoms with Crippen molar-refractivity contribution >= 4 is 34.4 Å². The van der Waals surface area contributed by atoms with Crippen LogP contribution in [0.25, 0.3) is 0 Å². The number of aromatic nitrogens is 2. The Labute approximate surface area is 122 Å². The van der Waals surface area contributed by atoms with Crippen LogP contribution in [-0.4, -0.2) is 22.0 Å². The van der Waals surface area contributed by atoms with Crippen LogP contribution in [0.15, 0.2) is 17.6 Å². The fourth-order valence-corrected chi connectivity index (χ4v) is 2.79. The van der Waals surface area contributed by atoms with E-state index in [1.54, 1.807) is 17.5 Å². The van der Waals surface area contributed by atoms with E-state index in [1.165, 1.54) is 0 Å². The van der Waals surface area contributed by atoms with Gasteiger partial charge < -0.3 is 10.6 Å². The van der Waals surface area contributed by atoms with E-state index in [0.717, 1.165) is 27.6 Å². The second-order valence-electron chi connectivity index (χ2n) is 4.40. The number of thiazole rings is 1. The number of pyridine rings is 1. The van der Waals surface area contributed by atoms with E-state index in [0.29, 0.717) is 11.5 Å². The third kappa shape index (κ3) is 3.08. The molecule has 2 N–H and O–H groups in total. The Morgan fingerprint density at radius 2 is 2.21 bits per heavy atom. The van der Waals surface area contributed by atoms with Gasteiger partial charge in [0.2, 0.25) is 0 Å². The molecule has 0 saturated heterocycles. The highest BCUT2D eigenvalue weighted by molar-refractivity contribution is 7.80. The summed E-state index contributed by atoms with van der Waals surface area (Å²) in [4.78, 5) is 11.3. The molecule has 0 unspecified atom stereocenters. The average Bonchev–Trinajstić information content (AvgIpc) is 2.73.